The molecule has 0 spiro atoms. The Morgan fingerprint density at radius 2 is 1.13 bits per heavy atom. The molecule has 248 valence electrons. The summed E-state index contributed by atoms with van der Waals surface area (Å²) in [5.41, 5.74) is 7.15. The van der Waals surface area contributed by atoms with Crippen LogP contribution in [0.4, 0.5) is 0 Å². The first-order valence-corrected chi connectivity index (χ1v) is 17.4. The van der Waals surface area contributed by atoms with Crippen LogP contribution in [0.25, 0.3) is 21.5 Å². The molecule has 5 aromatic carbocycles. The fourth-order valence-electron chi connectivity index (χ4n) is 5.82. The van der Waals surface area contributed by atoms with Crippen molar-refractivity contribution >= 4 is 21.5 Å². The van der Waals surface area contributed by atoms with Gasteiger partial charge in [0.25, 0.3) is 0 Å². The van der Waals surface area contributed by atoms with Crippen LogP contribution in [0.1, 0.15) is 135 Å². The Balaban J connectivity index is 0.000000250. The van der Waals surface area contributed by atoms with Gasteiger partial charge in [-0.25, -0.2) is 12.1 Å². The average molecular weight is 704 g/mol. The van der Waals surface area contributed by atoms with E-state index in [1.165, 1.54) is 69.5 Å². The molecule has 0 radical (unpaired) electrons. The molecule has 1 aliphatic carbocycles. The number of benzene rings is 3. The molecule has 0 heterocycles. The van der Waals surface area contributed by atoms with Crippen molar-refractivity contribution in [2.75, 3.05) is 0 Å². The van der Waals surface area contributed by atoms with E-state index >= 15 is 0 Å². The Morgan fingerprint density at radius 1 is 0.702 bits per heavy atom. The van der Waals surface area contributed by atoms with Crippen molar-refractivity contribution in [3.8, 4) is 0 Å². The Morgan fingerprint density at radius 3 is 1.43 bits per heavy atom. The molecule has 0 aromatic heterocycles. The van der Waals surface area contributed by atoms with Gasteiger partial charge in [0.15, 0.2) is 0 Å². The van der Waals surface area contributed by atoms with E-state index in [2.05, 4.69) is 149 Å². The molecule has 1 fully saturated rings. The van der Waals surface area contributed by atoms with Crippen LogP contribution in [0.3, 0.4) is 0 Å². The second kappa shape index (κ2) is 18.2. The fraction of sp³-hybridized carbons (Fsp3) is 0.413. The van der Waals surface area contributed by atoms with Crippen LogP contribution in [-0.4, -0.2) is 0 Å². The van der Waals surface area contributed by atoms with Gasteiger partial charge in [-0.05, 0) is 22.7 Å². The third-order valence-electron chi connectivity index (χ3n) is 9.01. The molecule has 0 N–H and O–H groups in total. The van der Waals surface area contributed by atoms with Crippen LogP contribution >= 0.6 is 0 Å². The molecule has 0 atom stereocenters. The Kier molecular flexibility index (Phi) is 15.7. The molecular weight excluding hydrogens is 644 g/mol. The van der Waals surface area contributed by atoms with Crippen molar-refractivity contribution < 1.29 is 26.2 Å². The minimum atomic E-state index is 0. The van der Waals surface area contributed by atoms with Crippen LogP contribution < -0.4 is 0 Å². The van der Waals surface area contributed by atoms with Crippen molar-refractivity contribution in [3.05, 3.63) is 138 Å². The first-order valence-electron chi connectivity index (χ1n) is 17.4. The summed E-state index contributed by atoms with van der Waals surface area (Å²) in [6.45, 7) is 30.1. The molecule has 0 amide bonds. The summed E-state index contributed by atoms with van der Waals surface area (Å²) in [7, 11) is 0. The van der Waals surface area contributed by atoms with Crippen molar-refractivity contribution in [2.45, 2.75) is 118 Å². The Hall–Kier alpha value is -2.63. The third-order valence-corrected chi connectivity index (χ3v) is 9.01. The minimum absolute atomic E-state index is 0. The number of rotatable bonds is 3. The smallest absolute Gasteiger partial charge is 0.501 e. The van der Waals surface area contributed by atoms with Gasteiger partial charge in [0.2, 0.25) is 0 Å². The van der Waals surface area contributed by atoms with Gasteiger partial charge >= 0.3 is 26.2 Å². The average Bonchev–Trinajstić information content (AvgIpc) is 3.79. The van der Waals surface area contributed by atoms with Gasteiger partial charge in [-0.15, -0.1) is 50.9 Å². The number of hydrogen-bond acceptors (Lipinski definition) is 0. The summed E-state index contributed by atoms with van der Waals surface area (Å²) in [6.07, 6.45) is 8.48. The van der Waals surface area contributed by atoms with Crippen LogP contribution in [0.5, 0.6) is 0 Å². The van der Waals surface area contributed by atoms with E-state index in [1.807, 2.05) is 30.3 Å². The second-order valence-electron chi connectivity index (χ2n) is 15.7. The maximum Gasteiger partial charge on any atom is 4.00 e. The number of hydrogen-bond donors (Lipinski definition) is 0. The van der Waals surface area contributed by atoms with E-state index in [0.717, 1.165) is 11.5 Å². The van der Waals surface area contributed by atoms with Gasteiger partial charge in [0.05, 0.1) is 0 Å². The van der Waals surface area contributed by atoms with E-state index in [-0.39, 0.29) is 37.0 Å². The number of fused-ring (bicyclic) bond motifs is 3. The largest absolute Gasteiger partial charge is 4.00 e. The summed E-state index contributed by atoms with van der Waals surface area (Å²) >= 11 is 0. The van der Waals surface area contributed by atoms with Crippen LogP contribution in [-0.2, 0) is 37.0 Å². The molecule has 0 unspecified atom stereocenters. The van der Waals surface area contributed by atoms with Gasteiger partial charge in [-0.3, -0.25) is 6.58 Å². The van der Waals surface area contributed by atoms with Gasteiger partial charge in [0, 0.05) is 0 Å². The molecule has 0 bridgehead atoms. The zero-order chi connectivity index (χ0) is 34.1. The maximum absolute atomic E-state index is 4.01. The van der Waals surface area contributed by atoms with E-state index in [1.54, 1.807) is 0 Å². The molecule has 0 aliphatic heterocycles. The molecule has 1 saturated carbocycles. The van der Waals surface area contributed by atoms with E-state index in [4.69, 9.17) is 0 Å². The van der Waals surface area contributed by atoms with Gasteiger partial charge in [0.1, 0.15) is 0 Å². The van der Waals surface area contributed by atoms with Crippen molar-refractivity contribution in [2.24, 2.45) is 5.92 Å². The summed E-state index contributed by atoms with van der Waals surface area (Å²) < 4.78 is 0. The van der Waals surface area contributed by atoms with Crippen LogP contribution in [0.2, 0.25) is 0 Å². The Bertz CT molecular complexity index is 1510. The quantitative estimate of drug-likeness (QED) is 0.164. The van der Waals surface area contributed by atoms with Crippen molar-refractivity contribution in [1.82, 2.24) is 0 Å². The van der Waals surface area contributed by atoms with E-state index < -0.39 is 0 Å². The summed E-state index contributed by atoms with van der Waals surface area (Å²) in [6, 6.07) is 32.8. The minimum Gasteiger partial charge on any atom is -0.501 e. The van der Waals surface area contributed by atoms with Crippen LogP contribution in [0.15, 0.2) is 97.6 Å². The maximum atomic E-state index is 4.01. The molecule has 0 saturated heterocycles. The van der Waals surface area contributed by atoms with Crippen molar-refractivity contribution in [1.29, 1.82) is 0 Å². The number of allylic oxidation sites excluding steroid dienone is 1. The second-order valence-corrected chi connectivity index (χ2v) is 15.7. The fourth-order valence-corrected chi connectivity index (χ4v) is 5.82. The van der Waals surface area contributed by atoms with Gasteiger partial charge in [-0.2, -0.15) is 48.7 Å². The molecular formula is C46H60Zr. The molecule has 47 heavy (non-hydrogen) atoms. The Labute approximate surface area is 307 Å². The normalized spacial score (nSPS) is 13.3. The van der Waals surface area contributed by atoms with E-state index in [9.17, 15) is 0 Å². The summed E-state index contributed by atoms with van der Waals surface area (Å²) in [5, 5.41) is 5.48. The monoisotopic (exact) mass is 702 g/mol. The standard InChI is InChI=1S/C21H25.C13H19.C7H11.C5H5.Zr/c1-20(2,3)16-7-9-18-14(12-16)11-15-13-17(21(4,5)6)8-10-19(15)18;1-9(2)12-6-11(5)7-13(8-12)10(3)4;1-2-7-5-3-4-6-7;1-2-4-5-3-1;/h7-13H,1-6H3;6-10H,5H2,1-4H3;7H,1,3-6H2;1-5H;/q4*-1;+4. The van der Waals surface area contributed by atoms with Gasteiger partial charge in [-0.1, -0.05) is 136 Å². The molecule has 1 aliphatic rings. The first-order chi connectivity index (χ1) is 21.6. The molecule has 0 nitrogen and oxygen atoms in total. The van der Waals surface area contributed by atoms with Crippen LogP contribution in [0, 0.1) is 18.9 Å². The summed E-state index contributed by atoms with van der Waals surface area (Å²) in [5.74, 6) is 1.93. The molecule has 1 heteroatoms. The SMILES string of the molecule is C=[C-]C1CCCC1.CC(C)(C)c1ccc2c(c1)[cH-]c1cc(C(C)(C)C)ccc12.[CH2-]c1cc(C(C)C)cc(C(C)C)c1.[Zr+4].c1cc[cH-]c1. The predicted molar refractivity (Wildman–Crippen MR) is 206 cm³/mol. The first kappa shape index (κ1) is 40.5. The summed E-state index contributed by atoms with van der Waals surface area (Å²) in [4.78, 5) is 0. The third kappa shape index (κ3) is 12.4. The van der Waals surface area contributed by atoms with E-state index in [0.29, 0.717) is 11.8 Å². The molecule has 5 aromatic rings. The predicted octanol–water partition coefficient (Wildman–Crippen LogP) is 14.0. The van der Waals surface area contributed by atoms with Crippen molar-refractivity contribution in [3.63, 3.8) is 0 Å². The zero-order valence-electron chi connectivity index (χ0n) is 31.1. The zero-order valence-corrected chi connectivity index (χ0v) is 33.6. The molecule has 6 rings (SSSR count). The topological polar surface area (TPSA) is 0 Å². The van der Waals surface area contributed by atoms with Gasteiger partial charge < -0.3 is 6.08 Å².